The van der Waals surface area contributed by atoms with Crippen molar-refractivity contribution in [2.45, 2.75) is 52.1 Å². The van der Waals surface area contributed by atoms with E-state index in [0.29, 0.717) is 19.1 Å². The molecule has 20 heavy (non-hydrogen) atoms. The van der Waals surface area contributed by atoms with Crippen molar-refractivity contribution in [2.75, 3.05) is 39.3 Å². The first-order valence-corrected chi connectivity index (χ1v) is 7.87. The smallest absolute Gasteiger partial charge is 0.325 e. The van der Waals surface area contributed by atoms with Crippen molar-refractivity contribution in [1.29, 1.82) is 0 Å². The van der Waals surface area contributed by atoms with Gasteiger partial charge in [-0.3, -0.25) is 9.69 Å². The zero-order valence-corrected chi connectivity index (χ0v) is 13.5. The Bertz CT molecular complexity index is 303. The summed E-state index contributed by atoms with van der Waals surface area (Å²) in [7, 11) is 0. The lowest BCUT2D eigenvalue weighted by Gasteiger charge is -2.28. The van der Waals surface area contributed by atoms with Gasteiger partial charge in [0, 0.05) is 19.1 Å². The minimum absolute atomic E-state index is 0.292. The summed E-state index contributed by atoms with van der Waals surface area (Å²) < 4.78 is 5.03. The molecule has 0 spiro atoms. The molecule has 0 aromatic rings. The van der Waals surface area contributed by atoms with E-state index in [9.17, 15) is 4.79 Å². The number of nitrogens with zero attached hydrogens (tertiary/aromatic N) is 2. The number of ether oxygens (including phenoxy) is 1. The van der Waals surface area contributed by atoms with E-state index in [0.717, 1.165) is 32.7 Å². The summed E-state index contributed by atoms with van der Waals surface area (Å²) in [5.74, 6) is -0.292. The molecule has 1 saturated heterocycles. The summed E-state index contributed by atoms with van der Waals surface area (Å²) in [5, 5.41) is 0. The van der Waals surface area contributed by atoms with E-state index in [1.165, 1.54) is 6.42 Å². The Kier molecular flexibility index (Phi) is 6.92. The average molecular weight is 285 g/mol. The lowest BCUT2D eigenvalue weighted by Crippen LogP contribution is -2.48. The molecule has 1 aliphatic heterocycles. The number of rotatable bonds is 8. The number of carbonyl (C=O) groups excluding carboxylic acids is 1. The molecule has 0 aromatic heterocycles. The monoisotopic (exact) mass is 285 g/mol. The van der Waals surface area contributed by atoms with Gasteiger partial charge in [0.2, 0.25) is 0 Å². The lowest BCUT2D eigenvalue weighted by molar-refractivity contribution is -0.149. The maximum atomic E-state index is 11.8. The van der Waals surface area contributed by atoms with Gasteiger partial charge in [-0.05, 0) is 46.3 Å². The molecule has 0 aromatic carbocycles. The molecule has 2 unspecified atom stereocenters. The Hall–Kier alpha value is -0.650. The molecule has 5 heteroatoms. The number of hydrogen-bond acceptors (Lipinski definition) is 5. The summed E-state index contributed by atoms with van der Waals surface area (Å²) in [6, 6.07) is 0.650. The molecule has 1 aliphatic rings. The maximum Gasteiger partial charge on any atom is 0.325 e. The quantitative estimate of drug-likeness (QED) is 0.676. The van der Waals surface area contributed by atoms with Gasteiger partial charge in [0.15, 0.2) is 0 Å². The van der Waals surface area contributed by atoms with Crippen molar-refractivity contribution in [2.24, 2.45) is 5.73 Å². The van der Waals surface area contributed by atoms with Crippen LogP contribution in [-0.2, 0) is 9.53 Å². The predicted octanol–water partition coefficient (Wildman–Crippen LogP) is 1.07. The molecule has 0 aliphatic carbocycles. The molecule has 1 heterocycles. The zero-order valence-electron chi connectivity index (χ0n) is 13.5. The number of likely N-dealkylation sites (tertiary alicyclic amines) is 1. The Labute approximate surface area is 123 Å². The van der Waals surface area contributed by atoms with Crippen LogP contribution in [0.5, 0.6) is 0 Å². The van der Waals surface area contributed by atoms with E-state index >= 15 is 0 Å². The first-order chi connectivity index (χ1) is 9.44. The van der Waals surface area contributed by atoms with Crippen molar-refractivity contribution in [3.63, 3.8) is 0 Å². The highest BCUT2D eigenvalue weighted by Crippen LogP contribution is 2.17. The van der Waals surface area contributed by atoms with Gasteiger partial charge in [-0.15, -0.1) is 0 Å². The molecule has 2 atom stereocenters. The van der Waals surface area contributed by atoms with Crippen LogP contribution in [0.2, 0.25) is 0 Å². The van der Waals surface area contributed by atoms with E-state index in [4.69, 9.17) is 10.5 Å². The van der Waals surface area contributed by atoms with Crippen molar-refractivity contribution in [3.05, 3.63) is 0 Å². The molecule has 2 N–H and O–H groups in total. The van der Waals surface area contributed by atoms with Gasteiger partial charge in [0.25, 0.3) is 0 Å². The number of esters is 1. The second-order valence-corrected chi connectivity index (χ2v) is 5.85. The third kappa shape index (κ3) is 4.72. The van der Waals surface area contributed by atoms with E-state index in [1.54, 1.807) is 6.92 Å². The largest absolute Gasteiger partial charge is 0.465 e. The molecular weight excluding hydrogens is 254 g/mol. The van der Waals surface area contributed by atoms with Gasteiger partial charge in [-0.1, -0.05) is 13.8 Å². The lowest BCUT2D eigenvalue weighted by atomic mass is 9.99. The molecule has 0 bridgehead atoms. The van der Waals surface area contributed by atoms with Crippen molar-refractivity contribution >= 4 is 5.97 Å². The normalized spacial score (nSPS) is 23.0. The second kappa shape index (κ2) is 7.96. The van der Waals surface area contributed by atoms with E-state index < -0.39 is 5.54 Å². The highest BCUT2D eigenvalue weighted by atomic mass is 16.5. The molecule has 1 rings (SSSR count). The Balaban J connectivity index is 2.38. The number of likely N-dealkylation sites (N-methyl/N-ethyl adjacent to an activating group) is 1. The first kappa shape index (κ1) is 17.4. The van der Waals surface area contributed by atoms with Crippen LogP contribution in [0.3, 0.4) is 0 Å². The molecule has 0 amide bonds. The molecule has 1 fully saturated rings. The fourth-order valence-electron chi connectivity index (χ4n) is 2.84. The van der Waals surface area contributed by atoms with Crippen LogP contribution in [-0.4, -0.2) is 66.7 Å². The fraction of sp³-hybridized carbons (Fsp3) is 0.933. The first-order valence-electron chi connectivity index (χ1n) is 7.87. The maximum absolute atomic E-state index is 11.8. The standard InChI is InChI=1S/C15H31N3O2/c1-5-18(6-2)13-8-10-17(12-13)11-9-15(4,16)14(19)20-7-3/h13H,5-12,16H2,1-4H3. The zero-order chi connectivity index (χ0) is 15.2. The summed E-state index contributed by atoms with van der Waals surface area (Å²) in [4.78, 5) is 16.7. The van der Waals surface area contributed by atoms with Crippen LogP contribution >= 0.6 is 0 Å². The molecule has 118 valence electrons. The van der Waals surface area contributed by atoms with Crippen LogP contribution in [0.25, 0.3) is 0 Å². The van der Waals surface area contributed by atoms with Gasteiger partial charge in [0.1, 0.15) is 5.54 Å². The topological polar surface area (TPSA) is 58.8 Å². The van der Waals surface area contributed by atoms with Gasteiger partial charge in [-0.2, -0.15) is 0 Å². The Morgan fingerprint density at radius 3 is 2.60 bits per heavy atom. The van der Waals surface area contributed by atoms with Gasteiger partial charge >= 0.3 is 5.97 Å². The minimum atomic E-state index is -0.872. The van der Waals surface area contributed by atoms with Crippen LogP contribution in [0.1, 0.15) is 40.5 Å². The van der Waals surface area contributed by atoms with Crippen molar-refractivity contribution in [1.82, 2.24) is 9.80 Å². The average Bonchev–Trinajstić information content (AvgIpc) is 2.87. The SMILES string of the molecule is CCOC(=O)C(C)(N)CCN1CCC(N(CC)CC)C1. The Morgan fingerprint density at radius 1 is 1.40 bits per heavy atom. The fourth-order valence-corrected chi connectivity index (χ4v) is 2.84. The molecular formula is C15H31N3O2. The van der Waals surface area contributed by atoms with Crippen LogP contribution in [0.15, 0.2) is 0 Å². The van der Waals surface area contributed by atoms with Crippen LogP contribution in [0, 0.1) is 0 Å². The van der Waals surface area contributed by atoms with Crippen molar-refractivity contribution < 1.29 is 9.53 Å². The highest BCUT2D eigenvalue weighted by Gasteiger charge is 2.32. The number of nitrogens with two attached hydrogens (primary N) is 1. The molecule has 0 saturated carbocycles. The minimum Gasteiger partial charge on any atom is -0.465 e. The van der Waals surface area contributed by atoms with Crippen LogP contribution in [0.4, 0.5) is 0 Å². The van der Waals surface area contributed by atoms with E-state index in [1.807, 2.05) is 6.92 Å². The summed E-state index contributed by atoms with van der Waals surface area (Å²) in [6.07, 6.45) is 1.86. The van der Waals surface area contributed by atoms with E-state index in [-0.39, 0.29) is 5.97 Å². The Morgan fingerprint density at radius 2 is 2.05 bits per heavy atom. The van der Waals surface area contributed by atoms with E-state index in [2.05, 4.69) is 23.6 Å². The highest BCUT2D eigenvalue weighted by molar-refractivity contribution is 5.79. The third-order valence-electron chi connectivity index (χ3n) is 4.27. The predicted molar refractivity (Wildman–Crippen MR) is 81.6 cm³/mol. The number of carbonyl (C=O) groups is 1. The van der Waals surface area contributed by atoms with Gasteiger partial charge in [0.05, 0.1) is 6.61 Å². The molecule has 0 radical (unpaired) electrons. The van der Waals surface area contributed by atoms with Crippen molar-refractivity contribution in [3.8, 4) is 0 Å². The summed E-state index contributed by atoms with van der Waals surface area (Å²) in [5.41, 5.74) is 5.19. The second-order valence-electron chi connectivity index (χ2n) is 5.85. The number of hydrogen-bond donors (Lipinski definition) is 1. The summed E-state index contributed by atoms with van der Waals surface area (Å²) in [6.45, 7) is 13.6. The van der Waals surface area contributed by atoms with Crippen LogP contribution < -0.4 is 5.73 Å². The third-order valence-corrected chi connectivity index (χ3v) is 4.27. The van der Waals surface area contributed by atoms with Gasteiger partial charge < -0.3 is 15.4 Å². The summed E-state index contributed by atoms with van der Waals surface area (Å²) >= 11 is 0. The molecule has 5 nitrogen and oxygen atoms in total. The van der Waals surface area contributed by atoms with Gasteiger partial charge in [-0.25, -0.2) is 0 Å².